The van der Waals surface area contributed by atoms with Gasteiger partial charge in [-0.15, -0.1) is 0 Å². The maximum Gasteiger partial charge on any atom is 0.242 e. The predicted molar refractivity (Wildman–Crippen MR) is 66.7 cm³/mol. The number of hydrogen-bond acceptors (Lipinski definition) is 3. The molecule has 0 N–H and O–H groups in total. The Bertz CT molecular complexity index is 430. The highest BCUT2D eigenvalue weighted by atomic mass is 16.2. The molecule has 1 saturated heterocycles. The third kappa shape index (κ3) is 1.55. The quantitative estimate of drug-likeness (QED) is 0.677. The van der Waals surface area contributed by atoms with Gasteiger partial charge in [0.25, 0.3) is 0 Å². The van der Waals surface area contributed by atoms with Crippen LogP contribution in [0.3, 0.4) is 0 Å². The van der Waals surface area contributed by atoms with Crippen LogP contribution < -0.4 is 0 Å². The van der Waals surface area contributed by atoms with Crippen molar-refractivity contribution in [3.05, 3.63) is 0 Å². The van der Waals surface area contributed by atoms with E-state index in [2.05, 4.69) is 0 Å². The van der Waals surface area contributed by atoms with E-state index in [1.807, 2.05) is 0 Å². The molecule has 1 heterocycles. The molecule has 0 atom stereocenters. The topological polar surface area (TPSA) is 54.5 Å². The van der Waals surface area contributed by atoms with Crippen LogP contribution in [0.4, 0.5) is 0 Å². The van der Waals surface area contributed by atoms with Crippen molar-refractivity contribution in [3.8, 4) is 0 Å². The summed E-state index contributed by atoms with van der Waals surface area (Å²) in [5.74, 6) is 1.27. The van der Waals surface area contributed by atoms with Gasteiger partial charge in [0.2, 0.25) is 17.7 Å². The Kier molecular flexibility index (Phi) is 2.25. The van der Waals surface area contributed by atoms with Gasteiger partial charge in [-0.3, -0.25) is 14.4 Å². The summed E-state index contributed by atoms with van der Waals surface area (Å²) < 4.78 is 0. The van der Waals surface area contributed by atoms with E-state index in [4.69, 9.17) is 0 Å². The minimum atomic E-state index is -0.371. The largest absolute Gasteiger partial charge is 0.274 e. The zero-order chi connectivity index (χ0) is 13.2. The zero-order valence-corrected chi connectivity index (χ0v) is 11.1. The van der Waals surface area contributed by atoms with E-state index in [1.54, 1.807) is 0 Å². The van der Waals surface area contributed by atoms with Crippen LogP contribution in [0.15, 0.2) is 0 Å². The second-order valence-corrected chi connectivity index (χ2v) is 7.13. The van der Waals surface area contributed by atoms with Gasteiger partial charge >= 0.3 is 0 Å². The second-order valence-electron chi connectivity index (χ2n) is 7.13. The Morgan fingerprint density at radius 3 is 1.74 bits per heavy atom. The normalized spacial score (nSPS) is 44.2. The second kappa shape index (κ2) is 3.68. The summed E-state index contributed by atoms with van der Waals surface area (Å²) in [4.78, 5) is 37.4. The van der Waals surface area contributed by atoms with E-state index in [-0.39, 0.29) is 36.0 Å². The van der Waals surface area contributed by atoms with Gasteiger partial charge < -0.3 is 0 Å². The zero-order valence-electron chi connectivity index (χ0n) is 11.1. The van der Waals surface area contributed by atoms with Crippen LogP contribution in [0.5, 0.6) is 0 Å². The van der Waals surface area contributed by atoms with Gasteiger partial charge in [0, 0.05) is 12.8 Å². The van der Waals surface area contributed by atoms with E-state index in [1.165, 1.54) is 19.3 Å². The number of carbonyl (C=O) groups excluding carboxylic acids is 3. The molecular formula is C15H19NO3. The Morgan fingerprint density at radius 1 is 0.895 bits per heavy atom. The van der Waals surface area contributed by atoms with Gasteiger partial charge in [-0.05, 0) is 56.3 Å². The Labute approximate surface area is 112 Å². The van der Waals surface area contributed by atoms with E-state index in [0.717, 1.165) is 24.2 Å². The van der Waals surface area contributed by atoms with Crippen molar-refractivity contribution < 1.29 is 14.4 Å². The molecule has 102 valence electrons. The third-order valence-corrected chi connectivity index (χ3v) is 5.75. The maximum atomic E-state index is 12.8. The number of nitrogens with zero attached hydrogens (tertiary/aromatic N) is 1. The standard InChI is InChI=1S/C15H19NO3/c17-12-1-2-13(18)16(12)14(19)15-6-9-3-10(7-15)5-11(4-9)8-15/h9-11H,1-8H2. The number of imide groups is 3. The molecule has 3 amide bonds. The predicted octanol–water partition coefficient (Wildman–Crippen LogP) is 1.88. The van der Waals surface area contributed by atoms with Crippen LogP contribution in [-0.2, 0) is 14.4 Å². The molecule has 0 unspecified atom stereocenters. The molecule has 5 rings (SSSR count). The lowest BCUT2D eigenvalue weighted by Gasteiger charge is -2.56. The Hall–Kier alpha value is -1.19. The molecule has 0 spiro atoms. The summed E-state index contributed by atoms with van der Waals surface area (Å²) in [6.45, 7) is 0. The van der Waals surface area contributed by atoms with E-state index in [9.17, 15) is 14.4 Å². The lowest BCUT2D eigenvalue weighted by atomic mass is 9.49. The Balaban J connectivity index is 1.66. The summed E-state index contributed by atoms with van der Waals surface area (Å²) in [5.41, 5.74) is -0.371. The molecule has 19 heavy (non-hydrogen) atoms. The van der Waals surface area contributed by atoms with Crippen molar-refractivity contribution in [3.63, 3.8) is 0 Å². The lowest BCUT2D eigenvalue weighted by molar-refractivity contribution is -0.165. The molecule has 4 heteroatoms. The van der Waals surface area contributed by atoms with Crippen molar-refractivity contribution in [1.82, 2.24) is 4.90 Å². The number of rotatable bonds is 1. The molecule has 0 aromatic rings. The van der Waals surface area contributed by atoms with E-state index >= 15 is 0 Å². The first-order valence-electron chi connectivity index (χ1n) is 7.48. The average Bonchev–Trinajstić information content (AvgIpc) is 2.66. The van der Waals surface area contributed by atoms with Crippen molar-refractivity contribution in [2.45, 2.75) is 51.4 Å². The molecule has 5 fully saturated rings. The molecule has 0 aromatic carbocycles. The van der Waals surface area contributed by atoms with Gasteiger partial charge in [0.05, 0.1) is 5.41 Å². The van der Waals surface area contributed by atoms with Crippen molar-refractivity contribution in [2.75, 3.05) is 0 Å². The third-order valence-electron chi connectivity index (χ3n) is 5.75. The first kappa shape index (κ1) is 11.6. The number of hydrogen-bond donors (Lipinski definition) is 0. The fourth-order valence-electron chi connectivity index (χ4n) is 5.41. The highest BCUT2D eigenvalue weighted by Crippen LogP contribution is 2.60. The van der Waals surface area contributed by atoms with Crippen LogP contribution in [-0.4, -0.2) is 22.6 Å². The van der Waals surface area contributed by atoms with Crippen molar-refractivity contribution in [2.24, 2.45) is 23.2 Å². The smallest absolute Gasteiger partial charge is 0.242 e. The van der Waals surface area contributed by atoms with Crippen molar-refractivity contribution in [1.29, 1.82) is 0 Å². The van der Waals surface area contributed by atoms with Gasteiger partial charge in [-0.1, -0.05) is 0 Å². The fraction of sp³-hybridized carbons (Fsp3) is 0.800. The molecule has 5 aliphatic rings. The SMILES string of the molecule is O=C1CCC(=O)N1C(=O)C12CC3CC(CC(C3)C1)C2. The van der Waals surface area contributed by atoms with Crippen LogP contribution in [0, 0.1) is 23.2 Å². The van der Waals surface area contributed by atoms with E-state index in [0.29, 0.717) is 17.8 Å². The molecule has 4 saturated carbocycles. The van der Waals surface area contributed by atoms with Crippen LogP contribution >= 0.6 is 0 Å². The molecule has 4 nitrogen and oxygen atoms in total. The molecule has 1 aliphatic heterocycles. The summed E-state index contributed by atoms with van der Waals surface area (Å²) in [6, 6.07) is 0. The molecule has 0 radical (unpaired) electrons. The average molecular weight is 261 g/mol. The molecule has 4 aliphatic carbocycles. The first-order chi connectivity index (χ1) is 9.07. The number of likely N-dealkylation sites (tertiary alicyclic amines) is 1. The molecular weight excluding hydrogens is 242 g/mol. The van der Waals surface area contributed by atoms with Gasteiger partial charge in [0.1, 0.15) is 0 Å². The Morgan fingerprint density at radius 2 is 1.32 bits per heavy atom. The highest BCUT2D eigenvalue weighted by Gasteiger charge is 2.57. The first-order valence-corrected chi connectivity index (χ1v) is 7.48. The van der Waals surface area contributed by atoms with Crippen LogP contribution in [0.1, 0.15) is 51.4 Å². The summed E-state index contributed by atoms with van der Waals surface area (Å²) in [5, 5.41) is 0. The maximum absolute atomic E-state index is 12.8. The van der Waals surface area contributed by atoms with Crippen molar-refractivity contribution >= 4 is 17.7 Å². The monoisotopic (exact) mass is 261 g/mol. The summed E-state index contributed by atoms with van der Waals surface area (Å²) >= 11 is 0. The molecule has 4 bridgehead atoms. The summed E-state index contributed by atoms with van der Waals surface area (Å²) in [7, 11) is 0. The summed E-state index contributed by atoms with van der Waals surface area (Å²) in [6.07, 6.45) is 6.95. The van der Waals surface area contributed by atoms with Gasteiger partial charge in [0.15, 0.2) is 0 Å². The number of carbonyl (C=O) groups is 3. The minimum absolute atomic E-state index is 0.154. The number of amides is 3. The molecule has 0 aromatic heterocycles. The highest BCUT2D eigenvalue weighted by molar-refractivity contribution is 6.16. The minimum Gasteiger partial charge on any atom is -0.274 e. The van der Waals surface area contributed by atoms with Gasteiger partial charge in [-0.2, -0.15) is 0 Å². The lowest BCUT2D eigenvalue weighted by Crippen LogP contribution is -2.55. The van der Waals surface area contributed by atoms with Crippen LogP contribution in [0.25, 0.3) is 0 Å². The fourth-order valence-corrected chi connectivity index (χ4v) is 5.41. The van der Waals surface area contributed by atoms with E-state index < -0.39 is 0 Å². The van der Waals surface area contributed by atoms with Gasteiger partial charge in [-0.25, -0.2) is 4.90 Å². The van der Waals surface area contributed by atoms with Crippen LogP contribution in [0.2, 0.25) is 0 Å².